The number of likely N-dealkylation sites (N-methyl/N-ethyl adjacent to an activating group) is 1. The maximum absolute atomic E-state index is 10.2. The summed E-state index contributed by atoms with van der Waals surface area (Å²) in [5, 5.41) is 13.5. The quantitative estimate of drug-likeness (QED) is 0.776. The average Bonchev–Trinajstić information content (AvgIpc) is 2.25. The summed E-state index contributed by atoms with van der Waals surface area (Å²) in [6.45, 7) is 5.11. The molecule has 2 N–H and O–H groups in total. The molecule has 0 radical (unpaired) electrons. The number of hydrogen-bond acceptors (Lipinski definition) is 4. The molecular weight excluding hydrogens is 214 g/mol. The van der Waals surface area contributed by atoms with E-state index in [9.17, 15) is 5.11 Å². The third-order valence-electron chi connectivity index (χ3n) is 2.63. The highest BCUT2D eigenvalue weighted by Crippen LogP contribution is 2.11. The Kier molecular flexibility index (Phi) is 5.05. The number of hydrogen-bond donors (Lipinski definition) is 2. The third-order valence-corrected chi connectivity index (χ3v) is 2.63. The summed E-state index contributed by atoms with van der Waals surface area (Å²) in [7, 11) is 3.91. The van der Waals surface area contributed by atoms with Crippen LogP contribution in [-0.2, 0) is 0 Å². The molecule has 1 rings (SSSR count). The van der Waals surface area contributed by atoms with Crippen molar-refractivity contribution < 1.29 is 5.11 Å². The predicted octanol–water partition coefficient (Wildman–Crippen LogP) is 1.04. The van der Waals surface area contributed by atoms with Crippen molar-refractivity contribution in [1.82, 2.24) is 15.2 Å². The van der Waals surface area contributed by atoms with Crippen molar-refractivity contribution in [1.29, 1.82) is 0 Å². The Morgan fingerprint density at radius 2 is 2.24 bits per heavy atom. The van der Waals surface area contributed by atoms with Crippen molar-refractivity contribution in [2.24, 2.45) is 0 Å². The van der Waals surface area contributed by atoms with Crippen LogP contribution in [0.1, 0.15) is 25.5 Å². The monoisotopic (exact) mass is 237 g/mol. The summed E-state index contributed by atoms with van der Waals surface area (Å²) in [6.07, 6.45) is 3.61. The van der Waals surface area contributed by atoms with Crippen molar-refractivity contribution >= 4 is 0 Å². The molecule has 4 nitrogen and oxygen atoms in total. The van der Waals surface area contributed by atoms with Crippen LogP contribution in [0.3, 0.4) is 0 Å². The molecule has 0 saturated heterocycles. The molecule has 0 amide bonds. The summed E-state index contributed by atoms with van der Waals surface area (Å²) in [6, 6.07) is 4.15. The number of nitrogens with zero attached hydrogens (tertiary/aromatic N) is 2. The van der Waals surface area contributed by atoms with E-state index in [4.69, 9.17) is 0 Å². The molecule has 4 heteroatoms. The first-order valence-corrected chi connectivity index (χ1v) is 5.91. The molecule has 1 aromatic heterocycles. The molecule has 0 aromatic carbocycles. The highest BCUT2D eigenvalue weighted by Gasteiger charge is 2.21. The van der Waals surface area contributed by atoms with Crippen LogP contribution in [0.4, 0.5) is 0 Å². The van der Waals surface area contributed by atoms with Gasteiger partial charge in [0.15, 0.2) is 0 Å². The van der Waals surface area contributed by atoms with Gasteiger partial charge >= 0.3 is 0 Å². The van der Waals surface area contributed by atoms with Gasteiger partial charge in [0, 0.05) is 31.5 Å². The van der Waals surface area contributed by atoms with Crippen molar-refractivity contribution in [3.63, 3.8) is 0 Å². The van der Waals surface area contributed by atoms with Gasteiger partial charge in [0.2, 0.25) is 0 Å². The summed E-state index contributed by atoms with van der Waals surface area (Å²) >= 11 is 0. The molecule has 0 fully saturated rings. The molecule has 0 bridgehead atoms. The van der Waals surface area contributed by atoms with Crippen molar-refractivity contribution in [2.45, 2.75) is 25.5 Å². The Hall–Kier alpha value is -0.970. The molecule has 2 atom stereocenters. The standard InChI is InChI=1S/C13H23N3O/c1-11(12-6-5-7-14-8-12)15-9-13(2,17)10-16(3)4/h5-8,11,15,17H,9-10H2,1-4H3. The summed E-state index contributed by atoms with van der Waals surface area (Å²) in [5.74, 6) is 0. The maximum Gasteiger partial charge on any atom is 0.0869 e. The largest absolute Gasteiger partial charge is 0.388 e. The van der Waals surface area contributed by atoms with Gasteiger partial charge in [-0.1, -0.05) is 6.07 Å². The number of aromatic nitrogens is 1. The lowest BCUT2D eigenvalue weighted by atomic mass is 10.1. The van der Waals surface area contributed by atoms with Crippen molar-refractivity contribution in [3.8, 4) is 0 Å². The lowest BCUT2D eigenvalue weighted by Gasteiger charge is -2.28. The van der Waals surface area contributed by atoms with Gasteiger partial charge in [0.05, 0.1) is 5.60 Å². The number of aliphatic hydroxyl groups is 1. The fourth-order valence-electron chi connectivity index (χ4n) is 1.86. The molecule has 2 unspecified atom stereocenters. The van der Waals surface area contributed by atoms with E-state index in [1.54, 1.807) is 6.20 Å². The van der Waals surface area contributed by atoms with E-state index >= 15 is 0 Å². The minimum absolute atomic E-state index is 0.192. The topological polar surface area (TPSA) is 48.4 Å². The van der Waals surface area contributed by atoms with Crippen molar-refractivity contribution in [3.05, 3.63) is 30.1 Å². The van der Waals surface area contributed by atoms with Crippen molar-refractivity contribution in [2.75, 3.05) is 27.2 Å². The highest BCUT2D eigenvalue weighted by atomic mass is 16.3. The normalized spacial score (nSPS) is 16.8. The Labute approximate surface area is 104 Å². The smallest absolute Gasteiger partial charge is 0.0869 e. The van der Waals surface area contributed by atoms with E-state index in [1.807, 2.05) is 44.2 Å². The molecule has 0 saturated carbocycles. The molecule has 0 spiro atoms. The zero-order chi connectivity index (χ0) is 12.9. The maximum atomic E-state index is 10.2. The molecule has 0 aliphatic carbocycles. The van der Waals surface area contributed by atoms with E-state index in [-0.39, 0.29) is 6.04 Å². The van der Waals surface area contributed by atoms with Gasteiger partial charge in [-0.2, -0.15) is 0 Å². The van der Waals surface area contributed by atoms with Crippen LogP contribution in [0.25, 0.3) is 0 Å². The second-order valence-corrected chi connectivity index (χ2v) is 5.12. The van der Waals surface area contributed by atoms with Gasteiger partial charge in [0.1, 0.15) is 0 Å². The third kappa shape index (κ3) is 5.26. The first-order chi connectivity index (χ1) is 7.91. The SMILES string of the molecule is CC(NCC(C)(O)CN(C)C)c1cccnc1. The predicted molar refractivity (Wildman–Crippen MR) is 69.8 cm³/mol. The fourth-order valence-corrected chi connectivity index (χ4v) is 1.86. The first-order valence-electron chi connectivity index (χ1n) is 5.91. The van der Waals surface area contributed by atoms with Crippen LogP contribution in [-0.4, -0.2) is 47.8 Å². The Morgan fingerprint density at radius 3 is 2.76 bits per heavy atom. The van der Waals surface area contributed by atoms with E-state index < -0.39 is 5.60 Å². The van der Waals surface area contributed by atoms with Crippen LogP contribution < -0.4 is 5.32 Å². The van der Waals surface area contributed by atoms with E-state index in [0.29, 0.717) is 13.1 Å². The molecule has 96 valence electrons. The van der Waals surface area contributed by atoms with Gasteiger partial charge in [-0.15, -0.1) is 0 Å². The van der Waals surface area contributed by atoms with Crippen LogP contribution in [0.15, 0.2) is 24.5 Å². The molecule has 0 aliphatic rings. The Bertz CT molecular complexity index is 325. The molecule has 0 aliphatic heterocycles. The molecule has 1 aromatic rings. The summed E-state index contributed by atoms with van der Waals surface area (Å²) < 4.78 is 0. The molecule has 1 heterocycles. The zero-order valence-corrected chi connectivity index (χ0v) is 11.1. The number of pyridine rings is 1. The number of rotatable bonds is 6. The van der Waals surface area contributed by atoms with E-state index in [0.717, 1.165) is 5.56 Å². The van der Waals surface area contributed by atoms with Crippen LogP contribution in [0, 0.1) is 0 Å². The van der Waals surface area contributed by atoms with E-state index in [1.165, 1.54) is 0 Å². The first kappa shape index (κ1) is 14.1. The molecular formula is C13H23N3O. The Balaban J connectivity index is 2.45. The second kappa shape index (κ2) is 6.10. The zero-order valence-electron chi connectivity index (χ0n) is 11.1. The van der Waals surface area contributed by atoms with Gasteiger partial charge in [-0.25, -0.2) is 0 Å². The highest BCUT2D eigenvalue weighted by molar-refractivity contribution is 5.12. The van der Waals surface area contributed by atoms with Gasteiger partial charge < -0.3 is 15.3 Å². The Morgan fingerprint density at radius 1 is 1.53 bits per heavy atom. The van der Waals surface area contributed by atoms with E-state index in [2.05, 4.69) is 17.2 Å². The average molecular weight is 237 g/mol. The summed E-state index contributed by atoms with van der Waals surface area (Å²) in [5.41, 5.74) is 0.410. The van der Waals surface area contributed by atoms with Gasteiger partial charge in [-0.05, 0) is 39.6 Å². The van der Waals surface area contributed by atoms with Crippen LogP contribution in [0.5, 0.6) is 0 Å². The lowest BCUT2D eigenvalue weighted by molar-refractivity contribution is 0.0317. The van der Waals surface area contributed by atoms with Gasteiger partial charge in [-0.3, -0.25) is 4.98 Å². The van der Waals surface area contributed by atoms with Gasteiger partial charge in [0.25, 0.3) is 0 Å². The number of nitrogens with one attached hydrogen (secondary N) is 1. The lowest BCUT2D eigenvalue weighted by Crippen LogP contribution is -2.46. The minimum Gasteiger partial charge on any atom is -0.388 e. The fraction of sp³-hybridized carbons (Fsp3) is 0.615. The minimum atomic E-state index is -0.722. The molecule has 17 heavy (non-hydrogen) atoms. The van der Waals surface area contributed by atoms with Crippen LogP contribution in [0.2, 0.25) is 0 Å². The second-order valence-electron chi connectivity index (χ2n) is 5.12. The summed E-state index contributed by atoms with van der Waals surface area (Å²) in [4.78, 5) is 6.07. The van der Waals surface area contributed by atoms with Crippen LogP contribution >= 0.6 is 0 Å².